The van der Waals surface area contributed by atoms with E-state index in [-0.39, 0.29) is 17.0 Å². The van der Waals surface area contributed by atoms with E-state index in [9.17, 15) is 22.8 Å². The topological polar surface area (TPSA) is 79.8 Å². The zero-order valence-corrected chi connectivity index (χ0v) is 18.2. The van der Waals surface area contributed by atoms with E-state index in [0.717, 1.165) is 36.0 Å². The number of hydrogen-bond donors (Lipinski definition) is 2. The van der Waals surface area contributed by atoms with E-state index in [1.165, 1.54) is 12.1 Å². The summed E-state index contributed by atoms with van der Waals surface area (Å²) < 4.78 is 40.1. The number of aryl methyl sites for hydroxylation is 1. The van der Waals surface area contributed by atoms with Crippen molar-refractivity contribution in [2.45, 2.75) is 45.1 Å². The van der Waals surface area contributed by atoms with Gasteiger partial charge in [-0.3, -0.25) is 14.2 Å². The number of alkyl halides is 3. The smallest absolute Gasteiger partial charge is 0.353 e. The largest absolute Gasteiger partial charge is 0.416 e. The number of H-pyrrole nitrogens is 1. The second-order valence-corrected chi connectivity index (χ2v) is 8.60. The predicted octanol–water partition coefficient (Wildman–Crippen LogP) is 4.83. The average molecular weight is 453 g/mol. The van der Waals surface area contributed by atoms with E-state index < -0.39 is 17.6 Å². The molecule has 10 heteroatoms. The highest BCUT2D eigenvalue weighted by atomic mass is 32.2. The molecule has 0 bridgehead atoms. The maximum absolute atomic E-state index is 12.9. The van der Waals surface area contributed by atoms with Crippen LogP contribution in [0, 0.1) is 12.8 Å². The van der Waals surface area contributed by atoms with Gasteiger partial charge in [0, 0.05) is 17.9 Å². The van der Waals surface area contributed by atoms with Crippen LogP contribution in [0.5, 0.6) is 0 Å². The van der Waals surface area contributed by atoms with Crippen LogP contribution in [0.4, 0.5) is 18.9 Å². The molecule has 0 aliphatic rings. The number of benzene rings is 1. The van der Waals surface area contributed by atoms with Crippen LogP contribution >= 0.6 is 11.8 Å². The third-order valence-corrected chi connectivity index (χ3v) is 5.55. The van der Waals surface area contributed by atoms with Gasteiger partial charge >= 0.3 is 6.18 Å². The zero-order valence-electron chi connectivity index (χ0n) is 17.3. The molecule has 1 aromatic carbocycles. The Labute approximate surface area is 181 Å². The Hall–Kier alpha value is -2.75. The van der Waals surface area contributed by atoms with E-state index in [2.05, 4.69) is 15.3 Å². The first-order chi connectivity index (χ1) is 14.5. The molecule has 0 aliphatic heterocycles. The Morgan fingerprint density at radius 2 is 2.03 bits per heavy atom. The maximum atomic E-state index is 12.9. The highest BCUT2D eigenvalue weighted by Gasteiger charge is 2.30. The Kier molecular flexibility index (Phi) is 6.78. The van der Waals surface area contributed by atoms with Crippen molar-refractivity contribution in [3.8, 4) is 0 Å². The molecule has 0 radical (unpaired) electrons. The molecule has 1 amide bonds. The lowest BCUT2D eigenvalue weighted by Crippen LogP contribution is -2.25. The van der Waals surface area contributed by atoms with E-state index >= 15 is 0 Å². The number of hydrogen-bond acceptors (Lipinski definition) is 4. The molecule has 3 aromatic rings. The molecule has 0 aliphatic carbocycles. The van der Waals surface area contributed by atoms with Gasteiger partial charge < -0.3 is 10.3 Å². The molecule has 0 atom stereocenters. The van der Waals surface area contributed by atoms with Gasteiger partial charge in [-0.1, -0.05) is 31.7 Å². The van der Waals surface area contributed by atoms with Crippen molar-refractivity contribution in [1.82, 2.24) is 14.5 Å². The van der Waals surface area contributed by atoms with Gasteiger partial charge in [0.05, 0.1) is 16.8 Å². The Morgan fingerprint density at radius 1 is 1.29 bits per heavy atom. The van der Waals surface area contributed by atoms with Crippen LogP contribution in [-0.2, 0) is 17.5 Å². The van der Waals surface area contributed by atoms with Crippen molar-refractivity contribution in [2.24, 2.45) is 5.92 Å². The normalized spacial score (nSPS) is 12.0. The minimum Gasteiger partial charge on any atom is -0.353 e. The lowest BCUT2D eigenvalue weighted by atomic mass is 10.1. The summed E-state index contributed by atoms with van der Waals surface area (Å²) in [4.78, 5) is 32.8. The van der Waals surface area contributed by atoms with Gasteiger partial charge in [0.25, 0.3) is 5.56 Å². The van der Waals surface area contributed by atoms with Gasteiger partial charge in [0.2, 0.25) is 5.91 Å². The van der Waals surface area contributed by atoms with Gasteiger partial charge in [-0.2, -0.15) is 13.2 Å². The SMILES string of the molecule is Cc1cc2nc(SCC(=O)Nc3cccc(C(F)(F)F)c3)n(CCC(C)C)c(=O)c2[nH]1. The summed E-state index contributed by atoms with van der Waals surface area (Å²) in [5.74, 6) is -0.214. The quantitative estimate of drug-likeness (QED) is 0.398. The van der Waals surface area contributed by atoms with Crippen molar-refractivity contribution < 1.29 is 18.0 Å². The van der Waals surface area contributed by atoms with Gasteiger partial charge in [-0.25, -0.2) is 4.98 Å². The zero-order chi connectivity index (χ0) is 22.8. The average Bonchev–Trinajstić information content (AvgIpc) is 3.05. The van der Waals surface area contributed by atoms with Gasteiger partial charge in [-0.15, -0.1) is 0 Å². The third kappa shape index (κ3) is 5.69. The Morgan fingerprint density at radius 3 is 2.71 bits per heavy atom. The Balaban J connectivity index is 1.78. The number of thioether (sulfide) groups is 1. The number of aromatic amines is 1. The summed E-state index contributed by atoms with van der Waals surface area (Å²) in [6.45, 7) is 6.38. The highest BCUT2D eigenvalue weighted by Crippen LogP contribution is 2.30. The fourth-order valence-corrected chi connectivity index (χ4v) is 3.83. The molecule has 166 valence electrons. The number of aromatic nitrogens is 3. The lowest BCUT2D eigenvalue weighted by molar-refractivity contribution is -0.137. The molecule has 2 N–H and O–H groups in total. The molecule has 0 fully saturated rings. The minimum atomic E-state index is -4.49. The monoisotopic (exact) mass is 452 g/mol. The summed E-state index contributed by atoms with van der Waals surface area (Å²) in [5.41, 5.74) is 0.750. The van der Waals surface area contributed by atoms with E-state index in [4.69, 9.17) is 0 Å². The molecule has 0 unspecified atom stereocenters. The summed E-state index contributed by atoms with van der Waals surface area (Å²) in [5, 5.41) is 2.87. The number of fused-ring (bicyclic) bond motifs is 1. The van der Waals surface area contributed by atoms with Crippen LogP contribution in [0.2, 0.25) is 0 Å². The van der Waals surface area contributed by atoms with Crippen molar-refractivity contribution in [1.29, 1.82) is 0 Å². The van der Waals surface area contributed by atoms with Crippen LogP contribution < -0.4 is 10.9 Å². The molecule has 0 saturated heterocycles. The van der Waals surface area contributed by atoms with Crippen LogP contribution in [0.15, 0.2) is 40.3 Å². The standard InChI is InChI=1S/C21H23F3N4O2S/c1-12(2)7-8-28-19(30)18-16(9-13(3)25-18)27-20(28)31-11-17(29)26-15-6-4-5-14(10-15)21(22,23)24/h4-6,9-10,12,25H,7-8,11H2,1-3H3,(H,26,29). The van der Waals surface area contributed by atoms with E-state index in [1.54, 1.807) is 10.6 Å². The molecule has 0 saturated carbocycles. The number of anilines is 1. The van der Waals surface area contributed by atoms with Crippen molar-refractivity contribution in [3.63, 3.8) is 0 Å². The molecule has 0 spiro atoms. The summed E-state index contributed by atoms with van der Waals surface area (Å²) >= 11 is 1.08. The second-order valence-electron chi connectivity index (χ2n) is 7.66. The third-order valence-electron chi connectivity index (χ3n) is 4.57. The fraction of sp³-hybridized carbons (Fsp3) is 0.381. The van der Waals surface area contributed by atoms with Gasteiger partial charge in [0.1, 0.15) is 5.52 Å². The van der Waals surface area contributed by atoms with Crippen LogP contribution in [-0.4, -0.2) is 26.2 Å². The number of amides is 1. The first-order valence-corrected chi connectivity index (χ1v) is 10.7. The molecule has 31 heavy (non-hydrogen) atoms. The Bertz CT molecular complexity index is 1150. The lowest BCUT2D eigenvalue weighted by Gasteiger charge is -2.13. The van der Waals surface area contributed by atoms with Crippen molar-refractivity contribution in [2.75, 3.05) is 11.1 Å². The number of carbonyl (C=O) groups excluding carboxylic acids is 1. The molecule has 6 nitrogen and oxygen atoms in total. The minimum absolute atomic E-state index is 0.0577. The molecular weight excluding hydrogens is 429 g/mol. The van der Waals surface area contributed by atoms with Gasteiger partial charge in [-0.05, 0) is 43.5 Å². The van der Waals surface area contributed by atoms with Gasteiger partial charge in [0.15, 0.2) is 5.16 Å². The molecule has 2 heterocycles. The summed E-state index contributed by atoms with van der Waals surface area (Å²) in [6.07, 6.45) is -3.73. The molecule has 3 rings (SSSR count). The summed E-state index contributed by atoms with van der Waals surface area (Å²) in [6, 6.07) is 6.21. The van der Waals surface area contributed by atoms with Crippen LogP contribution in [0.3, 0.4) is 0 Å². The number of rotatable bonds is 7. The maximum Gasteiger partial charge on any atom is 0.416 e. The van der Waals surface area contributed by atoms with E-state index in [1.807, 2.05) is 20.8 Å². The van der Waals surface area contributed by atoms with E-state index in [0.29, 0.717) is 28.7 Å². The number of nitrogens with zero attached hydrogens (tertiary/aromatic N) is 2. The fourth-order valence-electron chi connectivity index (χ4n) is 3.01. The predicted molar refractivity (Wildman–Crippen MR) is 115 cm³/mol. The number of carbonyl (C=O) groups is 1. The summed E-state index contributed by atoms with van der Waals surface area (Å²) in [7, 11) is 0. The molecule has 2 aromatic heterocycles. The van der Waals surface area contributed by atoms with Crippen molar-refractivity contribution in [3.05, 3.63) is 51.9 Å². The highest BCUT2D eigenvalue weighted by molar-refractivity contribution is 7.99. The molecular formula is C21H23F3N4O2S. The first-order valence-electron chi connectivity index (χ1n) is 9.74. The van der Waals surface area contributed by atoms with Crippen LogP contribution in [0.1, 0.15) is 31.5 Å². The second kappa shape index (κ2) is 9.17. The number of nitrogens with one attached hydrogen (secondary N) is 2. The first kappa shape index (κ1) is 22.9. The van der Waals surface area contributed by atoms with Crippen LogP contribution in [0.25, 0.3) is 11.0 Å². The van der Waals surface area contributed by atoms with Crippen molar-refractivity contribution >= 4 is 34.4 Å². The number of halogens is 3.